The van der Waals surface area contributed by atoms with E-state index in [1.165, 1.54) is 4.68 Å². The Hall–Kier alpha value is -4.63. The van der Waals surface area contributed by atoms with Crippen molar-refractivity contribution in [1.82, 2.24) is 25.6 Å². The zero-order valence-corrected chi connectivity index (χ0v) is 21.3. The molecule has 1 aliphatic carbocycles. The molecule has 1 saturated carbocycles. The third-order valence-corrected chi connectivity index (χ3v) is 6.66. The van der Waals surface area contributed by atoms with E-state index >= 15 is 0 Å². The molecule has 198 valence electrons. The summed E-state index contributed by atoms with van der Waals surface area (Å²) in [5, 5.41) is 7.35. The Balaban J connectivity index is 1.36. The Morgan fingerprint density at radius 1 is 0.923 bits per heavy atom. The molecule has 0 radical (unpaired) electrons. The smallest absolute Gasteiger partial charge is 0.313 e. The summed E-state index contributed by atoms with van der Waals surface area (Å²) in [6.07, 6.45) is 7.05. The molecule has 9 nitrogen and oxygen atoms in total. The standard InChI is InChI=1S/C30H29N5O4/c36-27(30(38)34-39-23-14-7-8-15-23)26(20-21-10-3-1-4-11-21)32-29(37)24-16-9-18-31-28(24)35-19-17-25(33-35)22-12-5-2-6-13-22/h1-6,9-13,16-19,23,26H,7-8,14-15,20H2,(H,32,37)(H,34,38). The molecule has 5 rings (SSSR count). The van der Waals surface area contributed by atoms with Gasteiger partial charge in [0.15, 0.2) is 5.82 Å². The van der Waals surface area contributed by atoms with Crippen molar-refractivity contribution in [2.75, 3.05) is 0 Å². The number of carbonyl (C=O) groups is 3. The summed E-state index contributed by atoms with van der Waals surface area (Å²) in [6.45, 7) is 0. The Bertz CT molecular complexity index is 1430. The number of amides is 2. The van der Waals surface area contributed by atoms with Gasteiger partial charge in [0.2, 0.25) is 5.78 Å². The van der Waals surface area contributed by atoms with Crippen LogP contribution in [0.15, 0.2) is 91.3 Å². The second-order valence-corrected chi connectivity index (χ2v) is 9.42. The van der Waals surface area contributed by atoms with Crippen LogP contribution in [0.1, 0.15) is 41.6 Å². The third-order valence-electron chi connectivity index (χ3n) is 6.66. The van der Waals surface area contributed by atoms with Gasteiger partial charge in [-0.1, -0.05) is 73.5 Å². The Labute approximate surface area is 226 Å². The highest BCUT2D eigenvalue weighted by atomic mass is 16.7. The zero-order chi connectivity index (χ0) is 27.0. The summed E-state index contributed by atoms with van der Waals surface area (Å²) in [7, 11) is 0. The Morgan fingerprint density at radius 2 is 1.64 bits per heavy atom. The van der Waals surface area contributed by atoms with Crippen LogP contribution in [0, 0.1) is 0 Å². The van der Waals surface area contributed by atoms with Gasteiger partial charge in [-0.3, -0.25) is 19.2 Å². The van der Waals surface area contributed by atoms with Crippen LogP contribution in [0.2, 0.25) is 0 Å². The zero-order valence-electron chi connectivity index (χ0n) is 21.3. The van der Waals surface area contributed by atoms with Crippen molar-refractivity contribution in [3.05, 3.63) is 102 Å². The molecule has 9 heteroatoms. The number of nitrogens with one attached hydrogen (secondary N) is 2. The predicted molar refractivity (Wildman–Crippen MR) is 145 cm³/mol. The molecule has 2 amide bonds. The second-order valence-electron chi connectivity index (χ2n) is 9.42. The largest absolute Gasteiger partial charge is 0.341 e. The van der Waals surface area contributed by atoms with Gasteiger partial charge in [0.05, 0.1) is 17.4 Å². The number of rotatable bonds is 10. The number of hydrogen-bond acceptors (Lipinski definition) is 6. The first kappa shape index (κ1) is 26.0. The molecule has 0 spiro atoms. The number of benzene rings is 2. The Kier molecular flexibility index (Phi) is 8.18. The lowest BCUT2D eigenvalue weighted by Crippen LogP contribution is -2.49. The van der Waals surface area contributed by atoms with Gasteiger partial charge in [0.25, 0.3) is 5.91 Å². The average Bonchev–Trinajstić information content (AvgIpc) is 3.69. The van der Waals surface area contributed by atoms with Crippen molar-refractivity contribution >= 4 is 17.6 Å². The molecule has 0 aliphatic heterocycles. The van der Waals surface area contributed by atoms with Gasteiger partial charge in [-0.05, 0) is 36.6 Å². The molecule has 2 N–H and O–H groups in total. The fourth-order valence-corrected chi connectivity index (χ4v) is 4.61. The van der Waals surface area contributed by atoms with Gasteiger partial charge >= 0.3 is 5.91 Å². The number of Topliss-reactive ketones (excluding diaryl/α,β-unsaturated/α-hetero) is 1. The Morgan fingerprint density at radius 3 is 2.38 bits per heavy atom. The molecule has 39 heavy (non-hydrogen) atoms. The highest BCUT2D eigenvalue weighted by Gasteiger charge is 2.30. The van der Waals surface area contributed by atoms with E-state index in [1.807, 2.05) is 66.7 Å². The maximum absolute atomic E-state index is 13.5. The van der Waals surface area contributed by atoms with Gasteiger partial charge in [0.1, 0.15) is 6.04 Å². The van der Waals surface area contributed by atoms with E-state index in [4.69, 9.17) is 4.84 Å². The molecule has 2 heterocycles. The molecule has 2 aromatic heterocycles. The first-order valence-electron chi connectivity index (χ1n) is 13.0. The van der Waals surface area contributed by atoms with Crippen LogP contribution < -0.4 is 10.8 Å². The van der Waals surface area contributed by atoms with Crippen molar-refractivity contribution in [3.63, 3.8) is 0 Å². The van der Waals surface area contributed by atoms with Crippen LogP contribution in [0.3, 0.4) is 0 Å². The number of carbonyl (C=O) groups excluding carboxylic acids is 3. The predicted octanol–water partition coefficient (Wildman–Crippen LogP) is 3.83. The van der Waals surface area contributed by atoms with Gasteiger partial charge < -0.3 is 5.32 Å². The lowest BCUT2D eigenvalue weighted by atomic mass is 10.0. The summed E-state index contributed by atoms with van der Waals surface area (Å²) >= 11 is 0. The highest BCUT2D eigenvalue weighted by Crippen LogP contribution is 2.21. The quantitative estimate of drug-likeness (QED) is 0.241. The molecule has 4 aromatic rings. The van der Waals surface area contributed by atoms with E-state index in [9.17, 15) is 14.4 Å². The highest BCUT2D eigenvalue weighted by molar-refractivity contribution is 6.38. The summed E-state index contributed by atoms with van der Waals surface area (Å²) in [5.41, 5.74) is 4.96. The first-order valence-corrected chi connectivity index (χ1v) is 13.0. The van der Waals surface area contributed by atoms with Crippen LogP contribution in [-0.2, 0) is 20.8 Å². The minimum absolute atomic E-state index is 0.100. The lowest BCUT2D eigenvalue weighted by molar-refractivity contribution is -0.149. The van der Waals surface area contributed by atoms with E-state index in [0.717, 1.165) is 42.5 Å². The number of hydroxylamine groups is 1. The van der Waals surface area contributed by atoms with Crippen LogP contribution in [-0.4, -0.2) is 44.5 Å². The summed E-state index contributed by atoms with van der Waals surface area (Å²) in [4.78, 5) is 49.2. The number of nitrogens with zero attached hydrogens (tertiary/aromatic N) is 3. The number of aromatic nitrogens is 3. The van der Waals surface area contributed by atoms with Crippen molar-refractivity contribution in [2.45, 2.75) is 44.2 Å². The summed E-state index contributed by atoms with van der Waals surface area (Å²) in [5.74, 6) is -1.93. The topological polar surface area (TPSA) is 115 Å². The van der Waals surface area contributed by atoms with E-state index in [1.54, 1.807) is 24.5 Å². The molecule has 1 aliphatic rings. The SMILES string of the molecule is O=C(NOC1CCCC1)C(=O)C(Cc1ccccc1)NC(=O)c1cccnc1-n1ccc(-c2ccccc2)n1. The van der Waals surface area contributed by atoms with Crippen molar-refractivity contribution < 1.29 is 19.2 Å². The molecule has 1 unspecified atom stereocenters. The van der Waals surface area contributed by atoms with Crippen molar-refractivity contribution in [1.29, 1.82) is 0 Å². The molecule has 2 aromatic carbocycles. The number of ketones is 1. The second kappa shape index (κ2) is 12.3. The van der Waals surface area contributed by atoms with E-state index in [2.05, 4.69) is 20.9 Å². The molecule has 0 saturated heterocycles. The van der Waals surface area contributed by atoms with Gasteiger partial charge in [-0.15, -0.1) is 0 Å². The molecule has 1 atom stereocenters. The summed E-state index contributed by atoms with van der Waals surface area (Å²) in [6, 6.07) is 22.8. The minimum Gasteiger partial charge on any atom is -0.341 e. The van der Waals surface area contributed by atoms with Crippen LogP contribution >= 0.6 is 0 Å². The monoisotopic (exact) mass is 523 g/mol. The van der Waals surface area contributed by atoms with Crippen LogP contribution in [0.4, 0.5) is 0 Å². The van der Waals surface area contributed by atoms with Crippen LogP contribution in [0.5, 0.6) is 0 Å². The van der Waals surface area contributed by atoms with E-state index < -0.39 is 23.6 Å². The molecular weight excluding hydrogens is 494 g/mol. The maximum atomic E-state index is 13.5. The van der Waals surface area contributed by atoms with Crippen molar-refractivity contribution in [3.8, 4) is 17.1 Å². The maximum Gasteiger partial charge on any atom is 0.313 e. The van der Waals surface area contributed by atoms with Gasteiger partial charge in [0, 0.05) is 24.4 Å². The minimum atomic E-state index is -1.11. The number of pyridine rings is 1. The summed E-state index contributed by atoms with van der Waals surface area (Å²) < 4.78 is 1.52. The molecule has 1 fully saturated rings. The van der Waals surface area contributed by atoms with Crippen molar-refractivity contribution in [2.24, 2.45) is 0 Å². The fraction of sp³-hybridized carbons (Fsp3) is 0.233. The molecular formula is C30H29N5O4. The van der Waals surface area contributed by atoms with Crippen LogP contribution in [0.25, 0.3) is 17.1 Å². The van der Waals surface area contributed by atoms with Gasteiger partial charge in [-0.25, -0.2) is 15.1 Å². The molecule has 0 bridgehead atoms. The lowest BCUT2D eigenvalue weighted by Gasteiger charge is -2.19. The first-order chi connectivity index (χ1) is 19.1. The van der Waals surface area contributed by atoms with Gasteiger partial charge in [-0.2, -0.15) is 5.10 Å². The fourth-order valence-electron chi connectivity index (χ4n) is 4.61. The van der Waals surface area contributed by atoms with E-state index in [-0.39, 0.29) is 18.1 Å². The number of hydrogen-bond donors (Lipinski definition) is 2. The third kappa shape index (κ3) is 6.45. The normalized spacial score (nSPS) is 14.1. The van der Waals surface area contributed by atoms with E-state index in [0.29, 0.717) is 5.82 Å². The average molecular weight is 524 g/mol.